The van der Waals surface area contributed by atoms with Crippen molar-refractivity contribution in [1.29, 1.82) is 0 Å². The monoisotopic (exact) mass is 314 g/mol. The lowest BCUT2D eigenvalue weighted by Crippen LogP contribution is -2.44. The van der Waals surface area contributed by atoms with Gasteiger partial charge in [0.1, 0.15) is 0 Å². The first kappa shape index (κ1) is 15.8. The second-order valence-corrected chi connectivity index (χ2v) is 6.41. The van der Waals surface area contributed by atoms with Gasteiger partial charge in [-0.25, -0.2) is 9.78 Å². The molecule has 1 fully saturated rings. The average molecular weight is 314 g/mol. The van der Waals surface area contributed by atoms with Crippen molar-refractivity contribution in [2.75, 3.05) is 13.6 Å². The summed E-state index contributed by atoms with van der Waals surface area (Å²) in [6.07, 6.45) is 8.87. The third kappa shape index (κ3) is 3.84. The van der Waals surface area contributed by atoms with Gasteiger partial charge in [-0.05, 0) is 31.4 Å². The van der Waals surface area contributed by atoms with Gasteiger partial charge in [0.2, 0.25) is 0 Å². The quantitative estimate of drug-likeness (QED) is 0.860. The first-order chi connectivity index (χ1) is 11.3. The Balaban J connectivity index is 1.43. The van der Waals surface area contributed by atoms with Crippen LogP contribution in [0.3, 0.4) is 0 Å². The van der Waals surface area contributed by atoms with Crippen molar-refractivity contribution in [3.8, 4) is 0 Å². The number of rotatable bonds is 5. The number of benzene rings is 1. The molecule has 23 heavy (non-hydrogen) atoms. The lowest BCUT2D eigenvalue weighted by Gasteiger charge is -2.31. The van der Waals surface area contributed by atoms with Crippen LogP contribution in [0.1, 0.15) is 38.5 Å². The third-order valence-electron chi connectivity index (χ3n) is 4.82. The van der Waals surface area contributed by atoms with Gasteiger partial charge in [0.05, 0.1) is 17.4 Å². The summed E-state index contributed by atoms with van der Waals surface area (Å²) in [5.74, 6) is 0. The fourth-order valence-corrected chi connectivity index (χ4v) is 3.39. The lowest BCUT2D eigenvalue weighted by molar-refractivity contribution is 0.173. The molecule has 0 aliphatic heterocycles. The zero-order chi connectivity index (χ0) is 16.1. The molecule has 1 heterocycles. The van der Waals surface area contributed by atoms with Gasteiger partial charge in [-0.3, -0.25) is 0 Å². The molecule has 1 saturated carbocycles. The van der Waals surface area contributed by atoms with Crippen LogP contribution >= 0.6 is 0 Å². The highest BCUT2D eigenvalue weighted by molar-refractivity contribution is 5.75. The van der Waals surface area contributed by atoms with Crippen molar-refractivity contribution in [2.45, 2.75) is 51.1 Å². The number of nitrogens with one attached hydrogen (secondary N) is 1. The summed E-state index contributed by atoms with van der Waals surface area (Å²) >= 11 is 0. The minimum absolute atomic E-state index is 0.0624. The van der Waals surface area contributed by atoms with Crippen LogP contribution in [0.25, 0.3) is 11.0 Å². The number of hydrogen-bond donors (Lipinski definition) is 1. The fourth-order valence-electron chi connectivity index (χ4n) is 3.39. The Labute approximate surface area is 137 Å². The van der Waals surface area contributed by atoms with Gasteiger partial charge in [0.15, 0.2) is 0 Å². The topological polar surface area (TPSA) is 50.2 Å². The Morgan fingerprint density at radius 1 is 1.30 bits per heavy atom. The molecule has 0 unspecified atom stereocenters. The largest absolute Gasteiger partial charge is 0.338 e. The summed E-state index contributed by atoms with van der Waals surface area (Å²) in [4.78, 5) is 18.5. The highest BCUT2D eigenvalue weighted by atomic mass is 16.2. The molecule has 0 saturated heterocycles. The standard InChI is InChI=1S/C18H26N4O/c1-21(15-8-3-2-4-9-15)18(23)19-12-7-13-22-14-20-16-10-5-6-11-17(16)22/h5-6,10-11,14-15H,2-4,7-9,12-13H2,1H3,(H,19,23). The normalized spacial score (nSPS) is 15.7. The summed E-state index contributed by atoms with van der Waals surface area (Å²) in [6, 6.07) is 8.61. The smallest absolute Gasteiger partial charge is 0.317 e. The molecule has 5 nitrogen and oxygen atoms in total. The summed E-state index contributed by atoms with van der Waals surface area (Å²) in [5.41, 5.74) is 2.17. The van der Waals surface area contributed by atoms with Crippen LogP contribution in [-0.2, 0) is 6.54 Å². The van der Waals surface area contributed by atoms with Crippen LogP contribution in [0.5, 0.6) is 0 Å². The third-order valence-corrected chi connectivity index (χ3v) is 4.82. The van der Waals surface area contributed by atoms with Gasteiger partial charge in [-0.2, -0.15) is 0 Å². The van der Waals surface area contributed by atoms with Gasteiger partial charge in [0, 0.05) is 26.2 Å². The number of carbonyl (C=O) groups is 1. The molecule has 1 N–H and O–H groups in total. The Hall–Kier alpha value is -2.04. The summed E-state index contributed by atoms with van der Waals surface area (Å²) < 4.78 is 2.15. The predicted molar refractivity (Wildman–Crippen MR) is 92.4 cm³/mol. The van der Waals surface area contributed by atoms with Gasteiger partial charge < -0.3 is 14.8 Å². The predicted octanol–water partition coefficient (Wildman–Crippen LogP) is 3.40. The molecule has 124 valence electrons. The molecule has 1 aliphatic rings. The number of aryl methyl sites for hydroxylation is 1. The van der Waals surface area contributed by atoms with E-state index in [0.29, 0.717) is 12.6 Å². The molecule has 0 radical (unpaired) electrons. The maximum Gasteiger partial charge on any atom is 0.317 e. The van der Waals surface area contributed by atoms with E-state index in [4.69, 9.17) is 0 Å². The van der Waals surface area contributed by atoms with Gasteiger partial charge in [-0.1, -0.05) is 31.4 Å². The molecule has 1 aromatic heterocycles. The van der Waals surface area contributed by atoms with Crippen LogP contribution in [0, 0.1) is 0 Å². The summed E-state index contributed by atoms with van der Waals surface area (Å²) in [7, 11) is 1.93. The van der Waals surface area contributed by atoms with Crippen molar-refractivity contribution in [2.24, 2.45) is 0 Å². The van der Waals surface area contributed by atoms with E-state index in [1.807, 2.05) is 36.5 Å². The molecule has 1 aliphatic carbocycles. The Morgan fingerprint density at radius 2 is 2.09 bits per heavy atom. The molecule has 2 aromatic rings. The number of hydrogen-bond acceptors (Lipinski definition) is 2. The number of nitrogens with zero attached hydrogens (tertiary/aromatic N) is 3. The van der Waals surface area contributed by atoms with E-state index in [2.05, 4.69) is 20.9 Å². The van der Waals surface area contributed by atoms with Crippen LogP contribution in [0.4, 0.5) is 4.79 Å². The number of imidazole rings is 1. The van der Waals surface area contributed by atoms with Crippen molar-refractivity contribution in [1.82, 2.24) is 19.8 Å². The average Bonchev–Trinajstić information content (AvgIpc) is 3.02. The van der Waals surface area contributed by atoms with Crippen LogP contribution < -0.4 is 5.32 Å². The Kier molecular flexibility index (Phi) is 5.16. The molecule has 0 bridgehead atoms. The Morgan fingerprint density at radius 3 is 2.91 bits per heavy atom. The maximum absolute atomic E-state index is 12.2. The molecular weight excluding hydrogens is 288 g/mol. The van der Waals surface area contributed by atoms with Gasteiger partial charge in [0.25, 0.3) is 0 Å². The first-order valence-corrected chi connectivity index (χ1v) is 8.66. The molecule has 1 aromatic carbocycles. The van der Waals surface area contributed by atoms with Crippen LogP contribution in [-0.4, -0.2) is 40.1 Å². The number of fused-ring (bicyclic) bond motifs is 1. The number of amides is 2. The molecule has 5 heteroatoms. The molecule has 0 atom stereocenters. The van der Waals surface area contributed by atoms with E-state index < -0.39 is 0 Å². The van der Waals surface area contributed by atoms with E-state index >= 15 is 0 Å². The maximum atomic E-state index is 12.2. The number of aromatic nitrogens is 2. The van der Waals surface area contributed by atoms with E-state index in [0.717, 1.165) is 36.8 Å². The molecule has 2 amide bonds. The van der Waals surface area contributed by atoms with Crippen molar-refractivity contribution in [3.05, 3.63) is 30.6 Å². The highest BCUT2D eigenvalue weighted by Crippen LogP contribution is 2.21. The van der Waals surface area contributed by atoms with Gasteiger partial charge in [-0.15, -0.1) is 0 Å². The van der Waals surface area contributed by atoms with Gasteiger partial charge >= 0.3 is 6.03 Å². The summed E-state index contributed by atoms with van der Waals surface area (Å²) in [6.45, 7) is 1.57. The van der Waals surface area contributed by atoms with Crippen LogP contribution in [0.2, 0.25) is 0 Å². The molecule has 3 rings (SSSR count). The van der Waals surface area contributed by atoms with Crippen molar-refractivity contribution < 1.29 is 4.79 Å². The number of carbonyl (C=O) groups excluding carboxylic acids is 1. The van der Waals surface area contributed by atoms with Crippen molar-refractivity contribution >= 4 is 17.1 Å². The second kappa shape index (κ2) is 7.49. The first-order valence-electron chi connectivity index (χ1n) is 8.66. The van der Waals surface area contributed by atoms with Crippen LogP contribution in [0.15, 0.2) is 30.6 Å². The molecular formula is C18H26N4O. The zero-order valence-electron chi connectivity index (χ0n) is 13.9. The lowest BCUT2D eigenvalue weighted by atomic mass is 9.95. The fraction of sp³-hybridized carbons (Fsp3) is 0.556. The highest BCUT2D eigenvalue weighted by Gasteiger charge is 2.21. The minimum Gasteiger partial charge on any atom is -0.338 e. The molecule has 0 spiro atoms. The summed E-state index contributed by atoms with van der Waals surface area (Å²) in [5, 5.41) is 3.04. The number of urea groups is 1. The second-order valence-electron chi connectivity index (χ2n) is 6.41. The van der Waals surface area contributed by atoms with E-state index in [-0.39, 0.29) is 6.03 Å². The van der Waals surface area contributed by atoms with E-state index in [1.54, 1.807) is 0 Å². The van der Waals surface area contributed by atoms with E-state index in [9.17, 15) is 4.79 Å². The van der Waals surface area contributed by atoms with E-state index in [1.165, 1.54) is 19.3 Å². The van der Waals surface area contributed by atoms with Crippen molar-refractivity contribution in [3.63, 3.8) is 0 Å². The SMILES string of the molecule is CN(C(=O)NCCCn1cnc2ccccc21)C1CCCCC1. The number of para-hydroxylation sites is 2. The Bertz CT molecular complexity index is 645. The zero-order valence-corrected chi connectivity index (χ0v) is 13.9. The minimum atomic E-state index is 0.0624.